The molecular formula is C17H27N3O. The van der Waals surface area contributed by atoms with E-state index in [9.17, 15) is 4.79 Å². The Kier molecular flexibility index (Phi) is 4.43. The summed E-state index contributed by atoms with van der Waals surface area (Å²) < 4.78 is 0. The fourth-order valence-electron chi connectivity index (χ4n) is 3.68. The van der Waals surface area contributed by atoms with Crippen molar-refractivity contribution in [1.82, 2.24) is 14.9 Å². The lowest BCUT2D eigenvalue weighted by atomic mass is 9.88. The van der Waals surface area contributed by atoms with Crippen molar-refractivity contribution in [2.45, 2.75) is 64.8 Å². The zero-order chi connectivity index (χ0) is 14.8. The van der Waals surface area contributed by atoms with Crippen LogP contribution in [0.3, 0.4) is 0 Å². The van der Waals surface area contributed by atoms with Gasteiger partial charge in [-0.05, 0) is 25.2 Å². The standard InChI is InChI=1S/C17H27N3O/c1-12(2)16-18-15-11-20(9-8-14(15)17(21)19-16)10-13-6-4-3-5-7-13/h12-13H,3-11H2,1-2H3,(H,18,19,21). The topological polar surface area (TPSA) is 49.0 Å². The second kappa shape index (κ2) is 6.30. The van der Waals surface area contributed by atoms with E-state index in [0.29, 0.717) is 0 Å². The first-order valence-electron chi connectivity index (χ1n) is 8.48. The van der Waals surface area contributed by atoms with E-state index in [1.54, 1.807) is 0 Å². The van der Waals surface area contributed by atoms with Gasteiger partial charge in [-0.15, -0.1) is 0 Å². The first kappa shape index (κ1) is 14.8. The van der Waals surface area contributed by atoms with Gasteiger partial charge in [0.15, 0.2) is 0 Å². The van der Waals surface area contributed by atoms with E-state index in [1.807, 2.05) is 0 Å². The Morgan fingerprint density at radius 2 is 2.05 bits per heavy atom. The molecule has 0 unspecified atom stereocenters. The van der Waals surface area contributed by atoms with Crippen LogP contribution in [0.15, 0.2) is 4.79 Å². The molecule has 0 radical (unpaired) electrons. The molecule has 2 heterocycles. The van der Waals surface area contributed by atoms with Gasteiger partial charge in [0.25, 0.3) is 5.56 Å². The average molecular weight is 289 g/mol. The highest BCUT2D eigenvalue weighted by Crippen LogP contribution is 2.26. The van der Waals surface area contributed by atoms with Crippen molar-refractivity contribution in [3.63, 3.8) is 0 Å². The van der Waals surface area contributed by atoms with Crippen molar-refractivity contribution in [2.75, 3.05) is 13.1 Å². The summed E-state index contributed by atoms with van der Waals surface area (Å²) >= 11 is 0. The third kappa shape index (κ3) is 3.37. The van der Waals surface area contributed by atoms with Crippen LogP contribution >= 0.6 is 0 Å². The van der Waals surface area contributed by atoms with Gasteiger partial charge >= 0.3 is 0 Å². The Morgan fingerprint density at radius 1 is 1.29 bits per heavy atom. The zero-order valence-corrected chi connectivity index (χ0v) is 13.3. The predicted molar refractivity (Wildman–Crippen MR) is 84.5 cm³/mol. The van der Waals surface area contributed by atoms with E-state index < -0.39 is 0 Å². The molecule has 0 atom stereocenters. The number of H-pyrrole nitrogens is 1. The Bertz CT molecular complexity index is 543. The number of aromatic nitrogens is 2. The van der Waals surface area contributed by atoms with Crippen molar-refractivity contribution >= 4 is 0 Å². The van der Waals surface area contributed by atoms with Gasteiger partial charge in [0.1, 0.15) is 5.82 Å². The number of hydrogen-bond acceptors (Lipinski definition) is 3. The van der Waals surface area contributed by atoms with E-state index in [2.05, 4.69) is 23.7 Å². The van der Waals surface area contributed by atoms with Crippen LogP contribution in [0.2, 0.25) is 0 Å². The van der Waals surface area contributed by atoms with E-state index >= 15 is 0 Å². The summed E-state index contributed by atoms with van der Waals surface area (Å²) in [5.41, 5.74) is 2.02. The molecule has 1 aromatic rings. The number of nitrogens with one attached hydrogen (secondary N) is 1. The monoisotopic (exact) mass is 289 g/mol. The number of fused-ring (bicyclic) bond motifs is 1. The lowest BCUT2D eigenvalue weighted by molar-refractivity contribution is 0.184. The van der Waals surface area contributed by atoms with Gasteiger partial charge in [0.05, 0.1) is 5.69 Å². The molecule has 4 heteroatoms. The van der Waals surface area contributed by atoms with Gasteiger partial charge in [-0.2, -0.15) is 0 Å². The highest BCUT2D eigenvalue weighted by atomic mass is 16.1. The lowest BCUT2D eigenvalue weighted by Gasteiger charge is -2.32. The summed E-state index contributed by atoms with van der Waals surface area (Å²) in [7, 11) is 0. The van der Waals surface area contributed by atoms with Crippen LogP contribution in [0, 0.1) is 5.92 Å². The predicted octanol–water partition coefficient (Wildman–Crippen LogP) is 2.83. The van der Waals surface area contributed by atoms with E-state index in [0.717, 1.165) is 42.5 Å². The van der Waals surface area contributed by atoms with Gasteiger partial charge in [0.2, 0.25) is 0 Å². The Hall–Kier alpha value is -1.16. The van der Waals surface area contributed by atoms with Crippen molar-refractivity contribution in [3.05, 3.63) is 27.4 Å². The van der Waals surface area contributed by atoms with Crippen LogP contribution in [-0.4, -0.2) is 28.0 Å². The average Bonchev–Trinajstić information content (AvgIpc) is 2.48. The molecule has 1 saturated carbocycles. The molecule has 1 N–H and O–H groups in total. The van der Waals surface area contributed by atoms with Crippen molar-refractivity contribution in [1.29, 1.82) is 0 Å². The van der Waals surface area contributed by atoms with E-state index in [4.69, 9.17) is 4.98 Å². The van der Waals surface area contributed by atoms with Crippen LogP contribution in [0.25, 0.3) is 0 Å². The van der Waals surface area contributed by atoms with Gasteiger partial charge in [0, 0.05) is 31.1 Å². The molecule has 116 valence electrons. The number of rotatable bonds is 3. The van der Waals surface area contributed by atoms with Crippen molar-refractivity contribution in [2.24, 2.45) is 5.92 Å². The maximum atomic E-state index is 12.2. The first-order chi connectivity index (χ1) is 10.1. The summed E-state index contributed by atoms with van der Waals surface area (Å²) in [6.45, 7) is 7.20. The fourth-order valence-corrected chi connectivity index (χ4v) is 3.68. The minimum atomic E-state index is 0.0843. The highest BCUT2D eigenvalue weighted by molar-refractivity contribution is 5.21. The minimum Gasteiger partial charge on any atom is -0.310 e. The first-order valence-corrected chi connectivity index (χ1v) is 8.48. The largest absolute Gasteiger partial charge is 0.310 e. The molecule has 3 rings (SSSR count). The second-order valence-corrected chi connectivity index (χ2v) is 7.02. The lowest BCUT2D eigenvalue weighted by Crippen LogP contribution is -2.38. The Morgan fingerprint density at radius 3 is 2.76 bits per heavy atom. The smallest absolute Gasteiger partial charge is 0.254 e. The molecule has 4 nitrogen and oxygen atoms in total. The molecule has 0 aromatic carbocycles. The summed E-state index contributed by atoms with van der Waals surface area (Å²) in [6, 6.07) is 0. The number of aromatic amines is 1. The zero-order valence-electron chi connectivity index (χ0n) is 13.3. The third-order valence-electron chi connectivity index (χ3n) is 4.96. The van der Waals surface area contributed by atoms with Gasteiger partial charge in [-0.25, -0.2) is 4.98 Å². The molecular weight excluding hydrogens is 262 g/mol. The molecule has 21 heavy (non-hydrogen) atoms. The maximum absolute atomic E-state index is 12.2. The normalized spacial score (nSPS) is 20.7. The third-order valence-corrected chi connectivity index (χ3v) is 4.96. The molecule has 1 aliphatic heterocycles. The summed E-state index contributed by atoms with van der Waals surface area (Å²) in [5.74, 6) is 1.96. The second-order valence-electron chi connectivity index (χ2n) is 7.02. The summed E-state index contributed by atoms with van der Waals surface area (Å²) in [6.07, 6.45) is 7.80. The van der Waals surface area contributed by atoms with Crippen LogP contribution in [-0.2, 0) is 13.0 Å². The number of nitrogens with zero attached hydrogens (tertiary/aromatic N) is 2. The van der Waals surface area contributed by atoms with Crippen LogP contribution < -0.4 is 5.56 Å². The van der Waals surface area contributed by atoms with Gasteiger partial charge in [-0.1, -0.05) is 33.1 Å². The molecule has 0 amide bonds. The maximum Gasteiger partial charge on any atom is 0.254 e. The van der Waals surface area contributed by atoms with Crippen LogP contribution in [0.5, 0.6) is 0 Å². The fraction of sp³-hybridized carbons (Fsp3) is 0.765. The number of hydrogen-bond donors (Lipinski definition) is 1. The van der Waals surface area contributed by atoms with E-state index in [1.165, 1.54) is 38.6 Å². The molecule has 0 bridgehead atoms. The minimum absolute atomic E-state index is 0.0843. The quantitative estimate of drug-likeness (QED) is 0.931. The Labute approximate surface area is 127 Å². The molecule has 1 aliphatic carbocycles. The van der Waals surface area contributed by atoms with Gasteiger partial charge < -0.3 is 4.98 Å². The van der Waals surface area contributed by atoms with Gasteiger partial charge in [-0.3, -0.25) is 9.69 Å². The molecule has 0 spiro atoms. The van der Waals surface area contributed by atoms with E-state index in [-0.39, 0.29) is 11.5 Å². The van der Waals surface area contributed by atoms with Crippen molar-refractivity contribution < 1.29 is 0 Å². The molecule has 2 aliphatic rings. The molecule has 0 saturated heterocycles. The summed E-state index contributed by atoms with van der Waals surface area (Å²) in [5, 5.41) is 0. The van der Waals surface area contributed by atoms with Crippen LogP contribution in [0.1, 0.15) is 69.0 Å². The highest BCUT2D eigenvalue weighted by Gasteiger charge is 2.24. The molecule has 1 aromatic heterocycles. The van der Waals surface area contributed by atoms with Crippen molar-refractivity contribution in [3.8, 4) is 0 Å². The molecule has 1 fully saturated rings. The Balaban J connectivity index is 1.73. The van der Waals surface area contributed by atoms with Crippen LogP contribution in [0.4, 0.5) is 0 Å². The SMILES string of the molecule is CC(C)c1nc2c(c(=O)[nH]1)CCN(CC1CCCCC1)C2. The summed E-state index contributed by atoms with van der Waals surface area (Å²) in [4.78, 5) is 22.3.